The zero-order valence-corrected chi connectivity index (χ0v) is 33.3. The minimum absolute atomic E-state index is 0.0229. The molecule has 4 aliphatic carbocycles. The first-order chi connectivity index (χ1) is 22.6. The van der Waals surface area contributed by atoms with Gasteiger partial charge in [0.05, 0.1) is 6.10 Å². The van der Waals surface area contributed by atoms with Crippen molar-refractivity contribution in [3.05, 3.63) is 65.7 Å². The number of Topliss-reactive ketones (excluding diaryl/α,β-unsaturated/α-hetero) is 1. The summed E-state index contributed by atoms with van der Waals surface area (Å²) in [6.07, 6.45) is 5.38. The molecule has 12 heteroatoms. The van der Waals surface area contributed by atoms with E-state index in [-0.39, 0.29) is 54.0 Å². The number of hydrogen-bond acceptors (Lipinski definition) is 9. The number of ether oxygens (including phenoxy) is 2. The predicted molar refractivity (Wildman–Crippen MR) is 204 cm³/mol. The molecule has 0 aliphatic heterocycles. The third-order valence-corrected chi connectivity index (χ3v) is 16.7. The number of esters is 1. The van der Waals surface area contributed by atoms with E-state index < -0.39 is 39.0 Å². The van der Waals surface area contributed by atoms with Gasteiger partial charge in [0, 0.05) is 64.0 Å². The lowest BCUT2D eigenvalue weighted by Crippen LogP contribution is -2.62. The van der Waals surface area contributed by atoms with Gasteiger partial charge in [0.2, 0.25) is 5.78 Å². The lowest BCUT2D eigenvalue weighted by atomic mass is 9.45. The van der Waals surface area contributed by atoms with Crippen molar-refractivity contribution in [2.24, 2.45) is 28.6 Å². The molecule has 2 aromatic carbocycles. The molecule has 4 aliphatic rings. The molecule has 0 saturated heterocycles. The van der Waals surface area contributed by atoms with E-state index in [0.29, 0.717) is 24.3 Å². The molecule has 258 valence electrons. The van der Waals surface area contributed by atoms with Crippen molar-refractivity contribution in [1.29, 1.82) is 0 Å². The largest absolute Gasteiger partial charge is 0.508 e. The molecule has 8 atom stereocenters. The average Bonchev–Trinajstić information content (AvgIpc) is 3.32. The quantitative estimate of drug-likeness (QED) is 0.0785. The lowest BCUT2D eigenvalue weighted by molar-refractivity contribution is -0.184. The highest BCUT2D eigenvalue weighted by molar-refractivity contribution is 14.2. The number of phenolic OH excluding ortho intramolecular Hbond substituents is 1. The number of aromatic hydroxyl groups is 1. The number of allylic oxidation sites excluding steroid dienone is 1. The van der Waals surface area contributed by atoms with Gasteiger partial charge >= 0.3 is 5.97 Å². The molecule has 0 heterocycles. The maximum Gasteiger partial charge on any atom is 0.339 e. The van der Waals surface area contributed by atoms with Crippen LogP contribution in [0.1, 0.15) is 64.4 Å². The number of rotatable bonds is 9. The Balaban J connectivity index is 1.12. The first-order valence-electron chi connectivity index (χ1n) is 16.3. The van der Waals surface area contributed by atoms with E-state index in [0.717, 1.165) is 30.4 Å². The fraction of sp³-hybridized carbons (Fsp3) is 0.528. The third kappa shape index (κ3) is 6.36. The minimum atomic E-state index is -1.72. The number of ketones is 2. The Labute approximate surface area is 322 Å². The molecular formula is C36H40I3NO8. The van der Waals surface area contributed by atoms with Gasteiger partial charge in [0.25, 0.3) is 0 Å². The fourth-order valence-corrected chi connectivity index (χ4v) is 10.6. The van der Waals surface area contributed by atoms with Crippen LogP contribution in [0.15, 0.2) is 60.2 Å². The smallest absolute Gasteiger partial charge is 0.339 e. The number of halogens is 3. The topological polar surface area (TPSA) is 134 Å². The summed E-state index contributed by atoms with van der Waals surface area (Å²) < 4.78 is 12.1. The highest BCUT2D eigenvalue weighted by atomic mass is 127. The van der Waals surface area contributed by atoms with E-state index in [9.17, 15) is 29.7 Å². The molecular weight excluding hydrogens is 955 g/mol. The second-order valence-electron chi connectivity index (χ2n) is 14.4. The summed E-state index contributed by atoms with van der Waals surface area (Å²) in [7, 11) is 0. The first kappa shape index (κ1) is 36.5. The van der Waals surface area contributed by atoms with Crippen LogP contribution in [-0.4, -0.2) is 56.0 Å². The number of aliphatic hydroxyl groups is 2. The molecule has 3 N–H and O–H groups in total. The van der Waals surface area contributed by atoms with Crippen molar-refractivity contribution < 1.29 is 39.2 Å². The van der Waals surface area contributed by atoms with Crippen LogP contribution in [0.3, 0.4) is 0 Å². The van der Waals surface area contributed by atoms with Gasteiger partial charge in [0.1, 0.15) is 22.8 Å². The molecule has 0 bridgehead atoms. The van der Waals surface area contributed by atoms with Gasteiger partial charge in [0.15, 0.2) is 15.9 Å². The summed E-state index contributed by atoms with van der Waals surface area (Å²) in [6, 6.07) is 13.7. The molecule has 2 aromatic rings. The van der Waals surface area contributed by atoms with Crippen LogP contribution in [0.5, 0.6) is 17.2 Å². The Bertz CT molecular complexity index is 1620. The molecule has 9 nitrogen and oxygen atoms in total. The molecule has 0 spiro atoms. The highest BCUT2D eigenvalue weighted by Crippen LogP contribution is 2.67. The summed E-state index contributed by atoms with van der Waals surface area (Å²) in [6.45, 7) is 3.55. The molecule has 0 amide bonds. The van der Waals surface area contributed by atoms with E-state index in [1.165, 1.54) is 0 Å². The van der Waals surface area contributed by atoms with Crippen LogP contribution >= 0.6 is 68.3 Å². The molecule has 48 heavy (non-hydrogen) atoms. The number of carbonyl (C=O) groups excluding carboxylic acids is 3. The average molecular weight is 995 g/mol. The van der Waals surface area contributed by atoms with Crippen LogP contribution in [0.25, 0.3) is 0 Å². The third-order valence-electron chi connectivity index (χ3n) is 11.9. The molecule has 3 fully saturated rings. The second kappa shape index (κ2) is 13.7. The summed E-state index contributed by atoms with van der Waals surface area (Å²) in [5.41, 5.74) is -0.853. The van der Waals surface area contributed by atoms with Crippen LogP contribution < -0.4 is 4.74 Å². The predicted octanol–water partition coefficient (Wildman–Crippen LogP) is 7.21. The SMILES string of the molecule is C[C@]12CCC(=O)C=C1CC[C@@H]1[C@@H]2[C@H](O)C[C@@]2(C)[C@H]1CC[C@]2(O)C(=O)COC(=O)[C@](I)(Cc1ccc(Oc2ccc(O)cc2)cc1)N(I)I. The van der Waals surface area contributed by atoms with Gasteiger partial charge in [-0.3, -0.25) is 9.59 Å². The molecule has 0 aromatic heterocycles. The van der Waals surface area contributed by atoms with Crippen molar-refractivity contribution in [1.82, 2.24) is 1.33 Å². The van der Waals surface area contributed by atoms with E-state index in [4.69, 9.17) is 9.47 Å². The number of fused-ring (bicyclic) bond motifs is 5. The zero-order chi connectivity index (χ0) is 34.6. The van der Waals surface area contributed by atoms with Gasteiger partial charge in [-0.1, -0.05) is 31.6 Å². The van der Waals surface area contributed by atoms with Gasteiger partial charge < -0.3 is 24.8 Å². The van der Waals surface area contributed by atoms with Gasteiger partial charge in [-0.05, 0) is 132 Å². The number of hydrogen-bond donors (Lipinski definition) is 3. The van der Waals surface area contributed by atoms with Crippen LogP contribution in [-0.2, 0) is 25.5 Å². The Morgan fingerprint density at radius 1 is 1.00 bits per heavy atom. The highest BCUT2D eigenvalue weighted by Gasteiger charge is 2.68. The van der Waals surface area contributed by atoms with E-state index in [1.807, 2.05) is 87.4 Å². The van der Waals surface area contributed by atoms with E-state index >= 15 is 0 Å². The lowest BCUT2D eigenvalue weighted by Gasteiger charge is -2.60. The number of carbonyl (C=O) groups is 3. The van der Waals surface area contributed by atoms with Crippen LogP contribution in [0, 0.1) is 28.6 Å². The molecule has 0 radical (unpaired) electrons. The standard InChI is InChI=1S/C36H40I3NO8/c1-33-15-13-24(42)17-22(33)5-12-27-28-14-16-35(46,34(28,2)19-29(43)31(27)33)30(44)20-47-32(45)36(37,40(38)39)18-21-3-8-25(9-4-21)48-26-10-6-23(41)7-11-26/h3-4,6-11,17,27-29,31,41,43,46H,5,12-16,18-20H2,1-2H3/t27-,28-,29+,31+,33-,34-,35-,36-/m0/s1. The second-order valence-corrected chi connectivity index (χ2v) is 19.9. The number of phenols is 1. The Morgan fingerprint density at radius 3 is 2.29 bits per heavy atom. The van der Waals surface area contributed by atoms with Crippen molar-refractivity contribution in [2.45, 2.75) is 80.5 Å². The number of alkyl halides is 1. The van der Waals surface area contributed by atoms with E-state index in [2.05, 4.69) is 6.92 Å². The maximum atomic E-state index is 13.9. The summed E-state index contributed by atoms with van der Waals surface area (Å²) in [4.78, 5) is 39.7. The number of benzene rings is 2. The molecule has 6 rings (SSSR count). The van der Waals surface area contributed by atoms with E-state index in [1.54, 1.807) is 43.8 Å². The maximum absolute atomic E-state index is 13.9. The Kier molecular flexibility index (Phi) is 10.4. The normalized spacial score (nSPS) is 33.9. The van der Waals surface area contributed by atoms with Gasteiger partial charge in [-0.15, -0.1) is 0 Å². The van der Waals surface area contributed by atoms with Crippen molar-refractivity contribution >= 4 is 85.9 Å². The molecule has 3 saturated carbocycles. The summed E-state index contributed by atoms with van der Waals surface area (Å²) in [5.74, 6) is 0.508. The van der Waals surface area contributed by atoms with Crippen molar-refractivity contribution in [3.63, 3.8) is 0 Å². The zero-order valence-electron chi connectivity index (χ0n) is 26.8. The van der Waals surface area contributed by atoms with Crippen molar-refractivity contribution in [3.8, 4) is 17.2 Å². The minimum Gasteiger partial charge on any atom is -0.508 e. The summed E-state index contributed by atoms with van der Waals surface area (Å²) >= 11 is 6.10. The fourth-order valence-electron chi connectivity index (χ4n) is 9.31. The number of aliphatic hydroxyl groups excluding tert-OH is 1. The van der Waals surface area contributed by atoms with Crippen LogP contribution in [0.2, 0.25) is 0 Å². The Hall–Kier alpha value is -1.34. The monoisotopic (exact) mass is 995 g/mol. The Morgan fingerprint density at radius 2 is 1.65 bits per heavy atom. The molecule has 0 unspecified atom stereocenters. The van der Waals surface area contributed by atoms with Crippen LogP contribution in [0.4, 0.5) is 0 Å². The van der Waals surface area contributed by atoms with Crippen molar-refractivity contribution in [2.75, 3.05) is 6.61 Å². The number of nitrogens with zero attached hydrogens (tertiary/aromatic N) is 1. The van der Waals surface area contributed by atoms with Gasteiger partial charge in [-0.25, -0.2) is 4.79 Å². The van der Waals surface area contributed by atoms with Gasteiger partial charge in [-0.2, -0.15) is 1.33 Å². The summed E-state index contributed by atoms with van der Waals surface area (Å²) in [5, 5.41) is 33.3. The first-order valence-corrected chi connectivity index (χ1v) is 19.3.